The molecule has 1 fully saturated rings. The quantitative estimate of drug-likeness (QED) is 0.837. The van der Waals surface area contributed by atoms with Crippen molar-refractivity contribution in [2.24, 2.45) is 0 Å². The van der Waals surface area contributed by atoms with E-state index in [2.05, 4.69) is 4.98 Å². The highest BCUT2D eigenvalue weighted by Gasteiger charge is 2.34. The fourth-order valence-corrected chi connectivity index (χ4v) is 2.64. The zero-order valence-electron chi connectivity index (χ0n) is 13.5. The van der Waals surface area contributed by atoms with Crippen molar-refractivity contribution < 1.29 is 14.3 Å². The molecule has 1 aliphatic rings. The maximum Gasteiger partial charge on any atom is 0.410 e. The predicted octanol–water partition coefficient (Wildman–Crippen LogP) is 3.47. The molecule has 21 heavy (non-hydrogen) atoms. The van der Waals surface area contributed by atoms with Crippen LogP contribution in [-0.2, 0) is 4.74 Å². The monoisotopic (exact) mass is 292 g/mol. The molecule has 0 aromatic carbocycles. The van der Waals surface area contributed by atoms with Gasteiger partial charge in [0.25, 0.3) is 0 Å². The summed E-state index contributed by atoms with van der Waals surface area (Å²) < 4.78 is 10.6. The summed E-state index contributed by atoms with van der Waals surface area (Å²) in [6.07, 6.45) is 1.67. The van der Waals surface area contributed by atoms with Crippen LogP contribution in [0, 0.1) is 6.92 Å². The number of pyridine rings is 1. The zero-order valence-corrected chi connectivity index (χ0v) is 13.5. The number of methoxy groups -OCH3 is 1. The average Bonchev–Trinajstić information content (AvgIpc) is 2.85. The van der Waals surface area contributed by atoms with Crippen LogP contribution in [0.4, 0.5) is 4.79 Å². The van der Waals surface area contributed by atoms with Gasteiger partial charge in [-0.2, -0.15) is 0 Å². The van der Waals surface area contributed by atoms with E-state index in [0.29, 0.717) is 5.88 Å². The Morgan fingerprint density at radius 1 is 1.38 bits per heavy atom. The van der Waals surface area contributed by atoms with Gasteiger partial charge in [0.1, 0.15) is 5.60 Å². The summed E-state index contributed by atoms with van der Waals surface area (Å²) in [5, 5.41) is 0. The number of aryl methyl sites for hydroxylation is 1. The molecular formula is C16H24N2O3. The van der Waals surface area contributed by atoms with Gasteiger partial charge in [-0.05, 0) is 52.2 Å². The summed E-state index contributed by atoms with van der Waals surface area (Å²) in [6.45, 7) is 8.33. The first-order valence-corrected chi connectivity index (χ1v) is 7.33. The smallest absolute Gasteiger partial charge is 0.410 e. The van der Waals surface area contributed by atoms with E-state index >= 15 is 0 Å². The minimum atomic E-state index is -0.475. The van der Waals surface area contributed by atoms with Crippen molar-refractivity contribution in [1.82, 2.24) is 9.88 Å². The number of ether oxygens (including phenoxy) is 2. The molecule has 116 valence electrons. The van der Waals surface area contributed by atoms with Gasteiger partial charge < -0.3 is 14.4 Å². The summed E-state index contributed by atoms with van der Waals surface area (Å²) in [7, 11) is 1.60. The van der Waals surface area contributed by atoms with E-state index in [-0.39, 0.29) is 12.1 Å². The van der Waals surface area contributed by atoms with Gasteiger partial charge in [-0.25, -0.2) is 9.78 Å². The summed E-state index contributed by atoms with van der Waals surface area (Å²) in [5.41, 5.74) is 1.49. The Balaban J connectivity index is 2.20. The van der Waals surface area contributed by atoms with Crippen LogP contribution < -0.4 is 4.74 Å². The molecule has 0 bridgehead atoms. The Labute approximate surface area is 126 Å². The number of amides is 1. The Hall–Kier alpha value is -1.78. The molecule has 0 aliphatic carbocycles. The molecule has 0 unspecified atom stereocenters. The van der Waals surface area contributed by atoms with Gasteiger partial charge in [0.05, 0.1) is 13.2 Å². The fraction of sp³-hybridized carbons (Fsp3) is 0.625. The van der Waals surface area contributed by atoms with Gasteiger partial charge in [-0.1, -0.05) is 0 Å². The Kier molecular flexibility index (Phi) is 4.40. The van der Waals surface area contributed by atoms with Crippen LogP contribution in [0.5, 0.6) is 5.88 Å². The standard InChI is InChI=1S/C16H24N2O3/c1-11-12(8-9-14(17-11)20-5)13-7-6-10-18(13)15(19)21-16(2,3)4/h8-9,13H,6-7,10H2,1-5H3/t13-/m0/s1. The number of aromatic nitrogens is 1. The third kappa shape index (κ3) is 3.65. The van der Waals surface area contributed by atoms with Crippen LogP contribution >= 0.6 is 0 Å². The van der Waals surface area contributed by atoms with Crippen LogP contribution in [0.15, 0.2) is 12.1 Å². The molecule has 1 saturated heterocycles. The molecule has 1 aromatic rings. The van der Waals surface area contributed by atoms with Gasteiger partial charge in [0.15, 0.2) is 0 Å². The Morgan fingerprint density at radius 3 is 2.67 bits per heavy atom. The second kappa shape index (κ2) is 5.92. The van der Waals surface area contributed by atoms with E-state index in [0.717, 1.165) is 30.6 Å². The van der Waals surface area contributed by atoms with Crippen molar-refractivity contribution >= 4 is 6.09 Å². The number of rotatable bonds is 2. The third-order valence-electron chi connectivity index (χ3n) is 3.55. The lowest BCUT2D eigenvalue weighted by Crippen LogP contribution is -2.36. The number of hydrogen-bond acceptors (Lipinski definition) is 4. The molecular weight excluding hydrogens is 268 g/mol. The van der Waals surface area contributed by atoms with Crippen LogP contribution in [0.2, 0.25) is 0 Å². The first kappa shape index (κ1) is 15.6. The minimum absolute atomic E-state index is 0.0401. The second-order valence-electron chi connectivity index (χ2n) is 6.36. The van der Waals surface area contributed by atoms with Gasteiger partial charge >= 0.3 is 6.09 Å². The van der Waals surface area contributed by atoms with E-state index < -0.39 is 5.60 Å². The Morgan fingerprint density at radius 2 is 2.10 bits per heavy atom. The van der Waals surface area contributed by atoms with Gasteiger partial charge in [-0.3, -0.25) is 0 Å². The largest absolute Gasteiger partial charge is 0.481 e. The molecule has 5 heteroatoms. The predicted molar refractivity (Wildman–Crippen MR) is 80.4 cm³/mol. The normalized spacial score (nSPS) is 18.7. The number of hydrogen-bond donors (Lipinski definition) is 0. The van der Waals surface area contributed by atoms with Crippen molar-refractivity contribution in [1.29, 1.82) is 0 Å². The molecule has 0 spiro atoms. The average molecular weight is 292 g/mol. The van der Waals surface area contributed by atoms with E-state index in [4.69, 9.17) is 9.47 Å². The highest BCUT2D eigenvalue weighted by Crippen LogP contribution is 2.34. The first-order chi connectivity index (χ1) is 9.81. The van der Waals surface area contributed by atoms with Gasteiger partial charge in [-0.15, -0.1) is 0 Å². The molecule has 1 aliphatic heterocycles. The number of carbonyl (C=O) groups excluding carboxylic acids is 1. The SMILES string of the molecule is COc1ccc([C@@H]2CCCN2C(=O)OC(C)(C)C)c(C)n1. The zero-order chi connectivity index (χ0) is 15.6. The second-order valence-corrected chi connectivity index (χ2v) is 6.36. The number of carbonyl (C=O) groups is 1. The first-order valence-electron chi connectivity index (χ1n) is 7.33. The topological polar surface area (TPSA) is 51.7 Å². The molecule has 2 rings (SSSR count). The van der Waals surface area contributed by atoms with E-state index in [1.165, 1.54) is 0 Å². The maximum absolute atomic E-state index is 12.3. The molecule has 1 amide bonds. The summed E-state index contributed by atoms with van der Waals surface area (Å²) in [5.74, 6) is 0.595. The van der Waals surface area contributed by atoms with Crippen molar-refractivity contribution in [2.75, 3.05) is 13.7 Å². The summed E-state index contributed by atoms with van der Waals surface area (Å²) in [4.78, 5) is 18.5. The Bertz CT molecular complexity index is 523. The van der Waals surface area contributed by atoms with Crippen LogP contribution in [0.1, 0.15) is 50.9 Å². The summed E-state index contributed by atoms with van der Waals surface area (Å²) in [6, 6.07) is 3.88. The highest BCUT2D eigenvalue weighted by molar-refractivity contribution is 5.69. The number of likely N-dealkylation sites (tertiary alicyclic amines) is 1. The minimum Gasteiger partial charge on any atom is -0.481 e. The van der Waals surface area contributed by atoms with Crippen LogP contribution in [0.25, 0.3) is 0 Å². The molecule has 1 aromatic heterocycles. The maximum atomic E-state index is 12.3. The van der Waals surface area contributed by atoms with Gasteiger partial charge in [0, 0.05) is 18.3 Å². The van der Waals surface area contributed by atoms with Crippen molar-refractivity contribution in [3.8, 4) is 5.88 Å². The van der Waals surface area contributed by atoms with Crippen molar-refractivity contribution in [2.45, 2.75) is 52.2 Å². The molecule has 0 N–H and O–H groups in total. The third-order valence-corrected chi connectivity index (χ3v) is 3.55. The van der Waals surface area contributed by atoms with E-state index in [1.54, 1.807) is 7.11 Å². The van der Waals surface area contributed by atoms with E-state index in [9.17, 15) is 4.79 Å². The molecule has 0 saturated carbocycles. The van der Waals surface area contributed by atoms with Crippen molar-refractivity contribution in [3.63, 3.8) is 0 Å². The fourth-order valence-electron chi connectivity index (χ4n) is 2.64. The summed E-state index contributed by atoms with van der Waals surface area (Å²) >= 11 is 0. The highest BCUT2D eigenvalue weighted by atomic mass is 16.6. The van der Waals surface area contributed by atoms with Crippen LogP contribution in [0.3, 0.4) is 0 Å². The van der Waals surface area contributed by atoms with Crippen molar-refractivity contribution in [3.05, 3.63) is 23.4 Å². The lowest BCUT2D eigenvalue weighted by Gasteiger charge is -2.29. The molecule has 5 nitrogen and oxygen atoms in total. The van der Waals surface area contributed by atoms with Gasteiger partial charge in [0.2, 0.25) is 5.88 Å². The molecule has 1 atom stereocenters. The van der Waals surface area contributed by atoms with Crippen LogP contribution in [-0.4, -0.2) is 35.2 Å². The molecule has 0 radical (unpaired) electrons. The van der Waals surface area contributed by atoms with E-state index in [1.807, 2.05) is 44.7 Å². The number of nitrogens with zero attached hydrogens (tertiary/aromatic N) is 2. The lowest BCUT2D eigenvalue weighted by atomic mass is 10.0. The molecule has 2 heterocycles. The lowest BCUT2D eigenvalue weighted by molar-refractivity contribution is 0.0224.